The van der Waals surface area contributed by atoms with Crippen molar-refractivity contribution in [1.29, 1.82) is 0 Å². The molecule has 1 aliphatic carbocycles. The second kappa shape index (κ2) is 6.00. The molecule has 106 valence electrons. The van der Waals surface area contributed by atoms with Crippen LogP contribution in [0.25, 0.3) is 0 Å². The molecule has 1 aliphatic rings. The third-order valence-corrected chi connectivity index (χ3v) is 6.00. The number of rotatable bonds is 3. The van der Waals surface area contributed by atoms with Crippen LogP contribution in [0.3, 0.4) is 0 Å². The highest BCUT2D eigenvalue weighted by atomic mass is 79.9. The van der Waals surface area contributed by atoms with Gasteiger partial charge in [0.2, 0.25) is 0 Å². The van der Waals surface area contributed by atoms with Crippen molar-refractivity contribution in [3.8, 4) is 0 Å². The quantitative estimate of drug-likeness (QED) is 0.832. The van der Waals surface area contributed by atoms with Gasteiger partial charge in [-0.2, -0.15) is 0 Å². The number of thiophene rings is 1. The van der Waals surface area contributed by atoms with Gasteiger partial charge in [0.15, 0.2) is 0 Å². The lowest BCUT2D eigenvalue weighted by atomic mass is 9.78. The van der Waals surface area contributed by atoms with Crippen LogP contribution in [-0.4, -0.2) is 7.05 Å². The molecule has 2 aromatic rings. The van der Waals surface area contributed by atoms with Crippen molar-refractivity contribution >= 4 is 27.3 Å². The van der Waals surface area contributed by atoms with Crippen molar-refractivity contribution in [3.05, 3.63) is 55.7 Å². The predicted molar refractivity (Wildman–Crippen MR) is 90.5 cm³/mol. The van der Waals surface area contributed by atoms with Crippen molar-refractivity contribution in [2.24, 2.45) is 5.92 Å². The van der Waals surface area contributed by atoms with Gasteiger partial charge in [-0.3, -0.25) is 0 Å². The molecule has 0 saturated carbocycles. The molecule has 0 bridgehead atoms. The molecule has 0 spiro atoms. The van der Waals surface area contributed by atoms with Gasteiger partial charge in [0.05, 0.1) is 3.79 Å². The largest absolute Gasteiger partial charge is 0.313 e. The first-order valence-corrected chi connectivity index (χ1v) is 8.80. The Morgan fingerprint density at radius 3 is 2.70 bits per heavy atom. The first-order chi connectivity index (χ1) is 9.69. The molecule has 1 heterocycles. The lowest BCUT2D eigenvalue weighted by molar-refractivity contribution is 0.342. The fourth-order valence-electron chi connectivity index (χ4n) is 3.42. The molecule has 0 fully saturated rings. The Labute approximate surface area is 133 Å². The van der Waals surface area contributed by atoms with E-state index < -0.39 is 0 Å². The van der Waals surface area contributed by atoms with Crippen LogP contribution in [0.2, 0.25) is 0 Å². The standard InChI is InChI=1S/C17H20BrNS/c1-11-15(10-16(18)20-11)17(19-2)14-8-7-12-5-3-4-6-13(12)9-14/h3-6,10,14,17,19H,7-9H2,1-2H3. The number of aryl methyl sites for hydroxylation is 2. The summed E-state index contributed by atoms with van der Waals surface area (Å²) >= 11 is 5.46. The number of nitrogens with one attached hydrogen (secondary N) is 1. The van der Waals surface area contributed by atoms with Gasteiger partial charge < -0.3 is 5.32 Å². The molecule has 1 aromatic carbocycles. The van der Waals surface area contributed by atoms with Crippen LogP contribution in [0.4, 0.5) is 0 Å². The number of hydrogen-bond donors (Lipinski definition) is 1. The molecule has 3 rings (SSSR count). The van der Waals surface area contributed by atoms with E-state index in [4.69, 9.17) is 0 Å². The summed E-state index contributed by atoms with van der Waals surface area (Å²) in [5.41, 5.74) is 4.55. The minimum absolute atomic E-state index is 0.464. The van der Waals surface area contributed by atoms with Crippen LogP contribution < -0.4 is 5.32 Å². The molecule has 1 nitrogen and oxygen atoms in total. The lowest BCUT2D eigenvalue weighted by Crippen LogP contribution is -2.29. The SMILES string of the molecule is CNC(c1cc(Br)sc1C)C1CCc2ccccc2C1. The zero-order chi connectivity index (χ0) is 14.1. The Morgan fingerprint density at radius 2 is 2.05 bits per heavy atom. The lowest BCUT2D eigenvalue weighted by Gasteiger charge is -2.31. The average Bonchev–Trinajstić information content (AvgIpc) is 2.78. The Morgan fingerprint density at radius 1 is 1.30 bits per heavy atom. The normalized spacial score (nSPS) is 19.6. The zero-order valence-corrected chi connectivity index (χ0v) is 14.4. The van der Waals surface area contributed by atoms with Gasteiger partial charge in [-0.05, 0) is 77.8 Å². The first-order valence-electron chi connectivity index (χ1n) is 7.19. The summed E-state index contributed by atoms with van der Waals surface area (Å²) in [7, 11) is 2.09. The molecule has 1 aromatic heterocycles. The van der Waals surface area contributed by atoms with E-state index in [-0.39, 0.29) is 0 Å². The Balaban J connectivity index is 1.87. The summed E-state index contributed by atoms with van der Waals surface area (Å²) in [6.07, 6.45) is 3.67. The molecule has 0 aliphatic heterocycles. The Hall–Kier alpha value is -0.640. The van der Waals surface area contributed by atoms with Gasteiger partial charge in [-0.1, -0.05) is 24.3 Å². The third kappa shape index (κ3) is 2.72. The van der Waals surface area contributed by atoms with Crippen LogP contribution in [0.15, 0.2) is 34.1 Å². The topological polar surface area (TPSA) is 12.0 Å². The summed E-state index contributed by atoms with van der Waals surface area (Å²) in [6.45, 7) is 2.23. The first kappa shape index (κ1) is 14.3. The van der Waals surface area contributed by atoms with Crippen LogP contribution >= 0.6 is 27.3 Å². The molecular formula is C17H20BrNS. The third-order valence-electron chi connectivity index (χ3n) is 4.43. The number of hydrogen-bond acceptors (Lipinski definition) is 2. The van der Waals surface area contributed by atoms with E-state index in [0.717, 1.165) is 0 Å². The average molecular weight is 350 g/mol. The maximum atomic E-state index is 3.62. The van der Waals surface area contributed by atoms with Crippen LogP contribution in [-0.2, 0) is 12.8 Å². The van der Waals surface area contributed by atoms with Crippen LogP contribution in [0.1, 0.15) is 34.0 Å². The van der Waals surface area contributed by atoms with E-state index in [9.17, 15) is 0 Å². The highest BCUT2D eigenvalue weighted by Crippen LogP contribution is 2.38. The van der Waals surface area contributed by atoms with E-state index in [2.05, 4.69) is 65.5 Å². The van der Waals surface area contributed by atoms with Crippen molar-refractivity contribution < 1.29 is 0 Å². The van der Waals surface area contributed by atoms with E-state index in [1.165, 1.54) is 39.1 Å². The second-order valence-corrected chi connectivity index (χ2v) is 8.24. The van der Waals surface area contributed by atoms with Crippen molar-refractivity contribution in [2.75, 3.05) is 7.05 Å². The fraction of sp³-hybridized carbons (Fsp3) is 0.412. The number of halogens is 1. The Bertz CT molecular complexity index is 605. The van der Waals surface area contributed by atoms with E-state index >= 15 is 0 Å². The van der Waals surface area contributed by atoms with Crippen molar-refractivity contribution in [1.82, 2.24) is 5.32 Å². The molecule has 1 N–H and O–H groups in total. The van der Waals surface area contributed by atoms with Gasteiger partial charge in [0.25, 0.3) is 0 Å². The van der Waals surface area contributed by atoms with Gasteiger partial charge in [0, 0.05) is 10.9 Å². The number of fused-ring (bicyclic) bond motifs is 1. The van der Waals surface area contributed by atoms with E-state index in [0.29, 0.717) is 12.0 Å². The smallest absolute Gasteiger partial charge is 0.0704 e. The molecule has 20 heavy (non-hydrogen) atoms. The van der Waals surface area contributed by atoms with E-state index in [1.807, 2.05) is 11.3 Å². The fourth-order valence-corrected chi connectivity index (χ4v) is 5.18. The summed E-state index contributed by atoms with van der Waals surface area (Å²) in [4.78, 5) is 1.43. The maximum absolute atomic E-state index is 3.62. The summed E-state index contributed by atoms with van der Waals surface area (Å²) in [5.74, 6) is 0.690. The van der Waals surface area contributed by atoms with Crippen molar-refractivity contribution in [2.45, 2.75) is 32.2 Å². The maximum Gasteiger partial charge on any atom is 0.0704 e. The molecule has 2 unspecified atom stereocenters. The molecule has 0 radical (unpaired) electrons. The minimum atomic E-state index is 0.464. The summed E-state index contributed by atoms with van der Waals surface area (Å²) in [5, 5.41) is 3.56. The van der Waals surface area contributed by atoms with Crippen LogP contribution in [0.5, 0.6) is 0 Å². The van der Waals surface area contributed by atoms with Gasteiger partial charge in [-0.25, -0.2) is 0 Å². The summed E-state index contributed by atoms with van der Waals surface area (Å²) < 4.78 is 1.24. The molecule has 0 saturated heterocycles. The van der Waals surface area contributed by atoms with Crippen LogP contribution in [0, 0.1) is 12.8 Å². The highest BCUT2D eigenvalue weighted by Gasteiger charge is 2.28. The predicted octanol–water partition coefficient (Wildman–Crippen LogP) is 4.88. The van der Waals surface area contributed by atoms with Crippen molar-refractivity contribution in [3.63, 3.8) is 0 Å². The minimum Gasteiger partial charge on any atom is -0.313 e. The zero-order valence-electron chi connectivity index (χ0n) is 11.9. The second-order valence-electron chi connectivity index (χ2n) is 5.60. The van der Waals surface area contributed by atoms with Gasteiger partial charge >= 0.3 is 0 Å². The molecular weight excluding hydrogens is 330 g/mol. The van der Waals surface area contributed by atoms with Gasteiger partial charge in [-0.15, -0.1) is 11.3 Å². The van der Waals surface area contributed by atoms with E-state index in [1.54, 1.807) is 5.56 Å². The Kier molecular flexibility index (Phi) is 4.29. The molecule has 3 heteroatoms. The monoisotopic (exact) mass is 349 g/mol. The highest BCUT2D eigenvalue weighted by molar-refractivity contribution is 9.11. The molecule has 2 atom stereocenters. The summed E-state index contributed by atoms with van der Waals surface area (Å²) in [6, 6.07) is 11.7. The number of benzene rings is 1. The molecule has 0 amide bonds. The van der Waals surface area contributed by atoms with Gasteiger partial charge in [0.1, 0.15) is 0 Å².